The van der Waals surface area contributed by atoms with E-state index in [1.165, 1.54) is 31.7 Å². The number of ether oxygens (including phenoxy) is 2. The molecule has 3 aliphatic carbocycles. The van der Waals surface area contributed by atoms with Gasteiger partial charge >= 0.3 is 11.9 Å². The van der Waals surface area contributed by atoms with E-state index < -0.39 is 17.1 Å². The fourth-order valence-electron chi connectivity index (χ4n) is 10.8. The summed E-state index contributed by atoms with van der Waals surface area (Å²) in [7, 11) is 0. The van der Waals surface area contributed by atoms with Crippen molar-refractivity contribution in [2.75, 3.05) is 6.61 Å². The Morgan fingerprint density at radius 3 is 2.43 bits per heavy atom. The molecule has 0 radical (unpaired) electrons. The second-order valence-corrected chi connectivity index (χ2v) is 15.9. The van der Waals surface area contributed by atoms with Crippen molar-refractivity contribution in [1.29, 1.82) is 0 Å². The van der Waals surface area contributed by atoms with Crippen molar-refractivity contribution in [3.8, 4) is 0 Å². The molecule has 1 aliphatic heterocycles. The number of aliphatic hydroxyl groups is 2. The molecule has 0 bridgehead atoms. The third-order valence-corrected chi connectivity index (χ3v) is 13.1. The number of fused-ring (bicyclic) bond motifs is 1. The summed E-state index contributed by atoms with van der Waals surface area (Å²) in [5.74, 6) is 0.106. The quantitative estimate of drug-likeness (QED) is 0.213. The maximum Gasteiger partial charge on any atom is 0.331 e. The van der Waals surface area contributed by atoms with Crippen LogP contribution in [0.15, 0.2) is 42.0 Å². The number of benzene rings is 1. The Bertz CT molecular complexity index is 1210. The Balaban J connectivity index is 1.46. The Kier molecular flexibility index (Phi) is 11.4. The van der Waals surface area contributed by atoms with Crippen molar-refractivity contribution in [2.45, 2.75) is 148 Å². The molecule has 0 saturated heterocycles. The van der Waals surface area contributed by atoms with Crippen LogP contribution < -0.4 is 0 Å². The van der Waals surface area contributed by atoms with E-state index in [1.807, 2.05) is 0 Å². The van der Waals surface area contributed by atoms with Crippen LogP contribution in [0.1, 0.15) is 130 Å². The van der Waals surface area contributed by atoms with Gasteiger partial charge in [-0.3, -0.25) is 4.79 Å². The van der Waals surface area contributed by atoms with Crippen LogP contribution in [0.4, 0.5) is 0 Å². The Morgan fingerprint density at radius 2 is 1.76 bits per heavy atom. The zero-order valence-electron chi connectivity index (χ0n) is 29.0. The van der Waals surface area contributed by atoms with Gasteiger partial charge in [0.05, 0.1) is 11.7 Å². The van der Waals surface area contributed by atoms with E-state index in [4.69, 9.17) is 9.47 Å². The number of esters is 2. The average molecular weight is 637 g/mol. The lowest BCUT2D eigenvalue weighted by Crippen LogP contribution is -2.73. The summed E-state index contributed by atoms with van der Waals surface area (Å²) in [5, 5.41) is 25.6. The fraction of sp³-hybridized carbons (Fsp3) is 0.750. The van der Waals surface area contributed by atoms with Crippen molar-refractivity contribution in [1.82, 2.24) is 0 Å². The SMILES string of the molecule is CC(=O)O[C@@H]1C[C@H](C)[C@](O)(CCC2=CC(=O)OC2)[C@@]2(CCC[C@H](C)CCCc3ccccc3)[C@@H](O)CC[C@@](C)(C3CCCCC3)[C@@H]12. The summed E-state index contributed by atoms with van der Waals surface area (Å²) in [6, 6.07) is 10.7. The lowest BCUT2D eigenvalue weighted by Gasteiger charge is -2.69. The number of hydrogen-bond donors (Lipinski definition) is 2. The van der Waals surface area contributed by atoms with Crippen molar-refractivity contribution in [3.05, 3.63) is 47.5 Å². The topological polar surface area (TPSA) is 93.1 Å². The van der Waals surface area contributed by atoms with E-state index in [0.717, 1.165) is 56.9 Å². The summed E-state index contributed by atoms with van der Waals surface area (Å²) in [5.41, 5.74) is 0.148. The Hall–Kier alpha value is -2.18. The molecule has 0 spiro atoms. The molecule has 3 saturated carbocycles. The van der Waals surface area contributed by atoms with Crippen molar-refractivity contribution >= 4 is 11.9 Å². The van der Waals surface area contributed by atoms with Crippen LogP contribution in [-0.2, 0) is 25.5 Å². The third kappa shape index (κ3) is 7.14. The van der Waals surface area contributed by atoms with E-state index in [0.29, 0.717) is 43.9 Å². The van der Waals surface area contributed by atoms with Gasteiger partial charge in [-0.1, -0.05) is 89.6 Å². The zero-order chi connectivity index (χ0) is 33.0. The molecule has 0 amide bonds. The molecule has 46 heavy (non-hydrogen) atoms. The minimum Gasteiger partial charge on any atom is -0.462 e. The summed E-state index contributed by atoms with van der Waals surface area (Å²) in [4.78, 5) is 24.6. The highest BCUT2D eigenvalue weighted by atomic mass is 16.5. The number of rotatable bonds is 13. The maximum atomic E-state index is 13.2. The molecule has 0 unspecified atom stereocenters. The van der Waals surface area contributed by atoms with Crippen LogP contribution >= 0.6 is 0 Å². The number of aryl methyl sites for hydroxylation is 1. The second kappa shape index (κ2) is 14.9. The highest BCUT2D eigenvalue weighted by Gasteiger charge is 2.71. The highest BCUT2D eigenvalue weighted by molar-refractivity contribution is 5.85. The molecule has 3 fully saturated rings. The van der Waals surface area contributed by atoms with E-state index in [-0.39, 0.29) is 41.9 Å². The largest absolute Gasteiger partial charge is 0.462 e. The summed E-state index contributed by atoms with van der Waals surface area (Å²) in [6.45, 7) is 8.61. The van der Waals surface area contributed by atoms with Gasteiger partial charge in [-0.2, -0.15) is 0 Å². The monoisotopic (exact) mass is 636 g/mol. The first-order valence-electron chi connectivity index (χ1n) is 18.5. The summed E-state index contributed by atoms with van der Waals surface area (Å²) < 4.78 is 11.5. The standard InChI is InChI=1S/C40H60O6/c1-28(13-11-17-31-15-7-5-8-16-31)14-12-22-39-35(42)21-23-38(4,33-18-9-6-10-19-33)37(39)34(46-30(3)41)25-29(2)40(39,44)24-20-32-26-36(43)45-27-32/h5,7-8,15-16,26,28-29,33-35,37,42,44H,6,9-14,17-25,27H2,1-4H3/t28-,29+,34-,35+,37-,38+,39+,40-/m1/s1. The number of carbonyl (C=O) groups is 2. The van der Waals surface area contributed by atoms with Crippen molar-refractivity contribution in [2.24, 2.45) is 34.5 Å². The second-order valence-electron chi connectivity index (χ2n) is 15.9. The van der Waals surface area contributed by atoms with Gasteiger partial charge in [0, 0.05) is 24.3 Å². The summed E-state index contributed by atoms with van der Waals surface area (Å²) in [6.07, 6.45) is 15.7. The third-order valence-electron chi connectivity index (χ3n) is 13.1. The predicted molar refractivity (Wildman–Crippen MR) is 181 cm³/mol. The molecule has 6 nitrogen and oxygen atoms in total. The van der Waals surface area contributed by atoms with Crippen LogP contribution in [0.3, 0.4) is 0 Å². The molecule has 0 aromatic heterocycles. The van der Waals surface area contributed by atoms with E-state index in [2.05, 4.69) is 51.1 Å². The van der Waals surface area contributed by atoms with Gasteiger partial charge in [0.1, 0.15) is 12.7 Å². The number of cyclic esters (lactones) is 1. The van der Waals surface area contributed by atoms with Crippen LogP contribution in [-0.4, -0.2) is 46.6 Å². The molecule has 1 aromatic rings. The maximum absolute atomic E-state index is 13.2. The van der Waals surface area contributed by atoms with Crippen molar-refractivity contribution < 1.29 is 29.3 Å². The van der Waals surface area contributed by atoms with E-state index >= 15 is 0 Å². The average Bonchev–Trinajstić information content (AvgIpc) is 3.46. The van der Waals surface area contributed by atoms with Gasteiger partial charge in [-0.05, 0) is 98.5 Å². The lowest BCUT2D eigenvalue weighted by molar-refractivity contribution is -0.301. The Morgan fingerprint density at radius 1 is 1.04 bits per heavy atom. The summed E-state index contributed by atoms with van der Waals surface area (Å²) >= 11 is 0. The van der Waals surface area contributed by atoms with Crippen LogP contribution in [0.2, 0.25) is 0 Å². The predicted octanol–water partition coefficient (Wildman–Crippen LogP) is 8.13. The van der Waals surface area contributed by atoms with E-state index in [1.54, 1.807) is 6.08 Å². The van der Waals surface area contributed by atoms with E-state index in [9.17, 15) is 19.8 Å². The first-order valence-corrected chi connectivity index (χ1v) is 18.5. The first-order chi connectivity index (χ1) is 22.0. The molecular weight excluding hydrogens is 576 g/mol. The van der Waals surface area contributed by atoms with Gasteiger partial charge in [0.2, 0.25) is 0 Å². The van der Waals surface area contributed by atoms with Crippen LogP contribution in [0.5, 0.6) is 0 Å². The zero-order valence-corrected chi connectivity index (χ0v) is 29.0. The number of hydrogen-bond acceptors (Lipinski definition) is 6. The number of aliphatic hydroxyl groups excluding tert-OH is 1. The van der Waals surface area contributed by atoms with Gasteiger partial charge in [-0.25, -0.2) is 4.79 Å². The molecule has 8 atom stereocenters. The Labute approximate surface area is 277 Å². The smallest absolute Gasteiger partial charge is 0.331 e. The van der Waals surface area contributed by atoms with Crippen LogP contribution in [0.25, 0.3) is 0 Å². The van der Waals surface area contributed by atoms with Gasteiger partial charge in [0.25, 0.3) is 0 Å². The highest BCUT2D eigenvalue weighted by Crippen LogP contribution is 2.69. The van der Waals surface area contributed by atoms with Gasteiger partial charge < -0.3 is 19.7 Å². The molecule has 1 heterocycles. The van der Waals surface area contributed by atoms with Crippen molar-refractivity contribution in [3.63, 3.8) is 0 Å². The molecule has 4 aliphatic rings. The normalized spacial score (nSPS) is 35.6. The fourth-order valence-corrected chi connectivity index (χ4v) is 10.8. The molecule has 6 heteroatoms. The minimum absolute atomic E-state index is 0.138. The molecule has 2 N–H and O–H groups in total. The number of carbonyl (C=O) groups excluding carboxylic acids is 2. The molecule has 256 valence electrons. The van der Waals surface area contributed by atoms with Gasteiger partial charge in [0.15, 0.2) is 0 Å². The van der Waals surface area contributed by atoms with Gasteiger partial charge in [-0.15, -0.1) is 0 Å². The first kappa shape index (κ1) is 35.1. The minimum atomic E-state index is -1.17. The molecule has 1 aromatic carbocycles. The van der Waals surface area contributed by atoms with Crippen LogP contribution in [0, 0.1) is 34.5 Å². The molecule has 5 rings (SSSR count). The lowest BCUT2D eigenvalue weighted by atomic mass is 9.38. The molecular formula is C40H60O6.